The number of tetrazole rings is 1. The Morgan fingerprint density at radius 3 is 2.59 bits per heavy atom. The Labute approximate surface area is 184 Å². The Morgan fingerprint density at radius 1 is 1.12 bits per heavy atom. The Kier molecular flexibility index (Phi) is 5.22. The smallest absolute Gasteiger partial charge is 0.297 e. The van der Waals surface area contributed by atoms with E-state index in [1.165, 1.54) is 0 Å². The minimum absolute atomic E-state index is 0.119. The van der Waals surface area contributed by atoms with Crippen LogP contribution in [0.5, 0.6) is 0 Å². The standard InChI is InChI=1S/C23H23N7O2/c1-2-3-6-17-14-30(20-11-21(20)31)23(32)29(17)13-16-10-9-15(12-24-16)18-7-4-5-8-19(18)22-25-27-28-26-22/h4-5,7-10,12,14,20H,2-3,6,11,13H2,1H3,(H,25,26,27,28). The van der Waals surface area contributed by atoms with E-state index in [0.29, 0.717) is 18.8 Å². The zero-order valence-electron chi connectivity index (χ0n) is 17.7. The number of pyridine rings is 1. The first kappa shape index (κ1) is 20.0. The van der Waals surface area contributed by atoms with Gasteiger partial charge in [-0.3, -0.25) is 18.9 Å². The third-order valence-corrected chi connectivity index (χ3v) is 5.78. The average Bonchev–Trinajstić information content (AvgIpc) is 3.20. The summed E-state index contributed by atoms with van der Waals surface area (Å²) in [5.74, 6) is 0.641. The van der Waals surface area contributed by atoms with Crippen LogP contribution in [0.1, 0.15) is 43.6 Å². The molecule has 0 spiro atoms. The van der Waals surface area contributed by atoms with Gasteiger partial charge in [-0.25, -0.2) is 4.79 Å². The number of imidazole rings is 1. The number of benzene rings is 1. The maximum atomic E-state index is 13.0. The van der Waals surface area contributed by atoms with Gasteiger partial charge in [0.05, 0.1) is 12.2 Å². The van der Waals surface area contributed by atoms with E-state index < -0.39 is 0 Å². The molecule has 4 aromatic rings. The van der Waals surface area contributed by atoms with Crippen molar-refractivity contribution in [2.45, 2.75) is 45.2 Å². The molecule has 1 aromatic carbocycles. The summed E-state index contributed by atoms with van der Waals surface area (Å²) in [5, 5.41) is 14.3. The first-order chi connectivity index (χ1) is 15.7. The van der Waals surface area contributed by atoms with Gasteiger partial charge in [-0.15, -0.1) is 10.2 Å². The molecule has 5 rings (SSSR count). The lowest BCUT2D eigenvalue weighted by Gasteiger charge is -2.09. The number of H-pyrrole nitrogens is 1. The fraction of sp³-hybridized carbons (Fsp3) is 0.304. The summed E-state index contributed by atoms with van der Waals surface area (Å²) in [7, 11) is 0. The van der Waals surface area contributed by atoms with E-state index >= 15 is 0 Å². The van der Waals surface area contributed by atoms with Crippen LogP contribution in [0.4, 0.5) is 0 Å². The number of aromatic nitrogens is 7. The van der Waals surface area contributed by atoms with Crippen molar-refractivity contribution in [2.24, 2.45) is 0 Å². The molecule has 0 aliphatic heterocycles. The monoisotopic (exact) mass is 429 g/mol. The first-order valence-electron chi connectivity index (χ1n) is 10.8. The topological polar surface area (TPSA) is 111 Å². The van der Waals surface area contributed by atoms with Crippen LogP contribution in [-0.4, -0.2) is 40.5 Å². The van der Waals surface area contributed by atoms with Gasteiger partial charge >= 0.3 is 5.69 Å². The summed E-state index contributed by atoms with van der Waals surface area (Å²) in [6.45, 7) is 2.50. The van der Waals surface area contributed by atoms with E-state index in [2.05, 4.69) is 32.5 Å². The van der Waals surface area contributed by atoms with E-state index in [4.69, 9.17) is 0 Å². The Hall–Kier alpha value is -3.88. The molecule has 0 radical (unpaired) electrons. The van der Waals surface area contributed by atoms with Crippen molar-refractivity contribution in [3.05, 3.63) is 70.7 Å². The van der Waals surface area contributed by atoms with Crippen molar-refractivity contribution in [3.8, 4) is 22.5 Å². The van der Waals surface area contributed by atoms with Crippen LogP contribution in [0.15, 0.2) is 53.6 Å². The third kappa shape index (κ3) is 3.77. The molecule has 1 aliphatic carbocycles. The fourth-order valence-corrected chi connectivity index (χ4v) is 3.93. The number of ketones is 1. The molecule has 1 unspecified atom stereocenters. The first-order valence-corrected chi connectivity index (χ1v) is 10.8. The van der Waals surface area contributed by atoms with Gasteiger partial charge in [0.25, 0.3) is 0 Å². The summed E-state index contributed by atoms with van der Waals surface area (Å²) in [6, 6.07) is 11.4. The largest absolute Gasteiger partial charge is 0.329 e. The number of nitrogens with zero attached hydrogens (tertiary/aromatic N) is 6. The van der Waals surface area contributed by atoms with E-state index in [9.17, 15) is 9.59 Å². The number of carbonyl (C=O) groups is 1. The van der Waals surface area contributed by atoms with Crippen molar-refractivity contribution in [1.29, 1.82) is 0 Å². The molecule has 3 aromatic heterocycles. The number of hydrogen-bond acceptors (Lipinski definition) is 6. The van der Waals surface area contributed by atoms with Gasteiger partial charge in [-0.1, -0.05) is 43.7 Å². The summed E-state index contributed by atoms with van der Waals surface area (Å²) < 4.78 is 3.33. The van der Waals surface area contributed by atoms with Crippen LogP contribution in [-0.2, 0) is 17.8 Å². The molecule has 1 atom stereocenters. The van der Waals surface area contributed by atoms with E-state index in [1.54, 1.807) is 15.3 Å². The van der Waals surface area contributed by atoms with E-state index in [-0.39, 0.29) is 17.5 Å². The number of unbranched alkanes of at least 4 members (excludes halogenated alkanes) is 1. The second-order valence-corrected chi connectivity index (χ2v) is 8.01. The molecule has 1 N–H and O–H groups in total. The number of Topliss-reactive ketones (excluding diaryl/α,β-unsaturated/α-hetero) is 1. The molecule has 9 heteroatoms. The van der Waals surface area contributed by atoms with Crippen molar-refractivity contribution < 1.29 is 4.79 Å². The van der Waals surface area contributed by atoms with Gasteiger partial charge < -0.3 is 0 Å². The number of aryl methyl sites for hydroxylation is 1. The predicted molar refractivity (Wildman–Crippen MR) is 118 cm³/mol. The van der Waals surface area contributed by atoms with Crippen molar-refractivity contribution >= 4 is 5.78 Å². The second kappa shape index (κ2) is 8.33. The average molecular weight is 429 g/mol. The molecule has 9 nitrogen and oxygen atoms in total. The fourth-order valence-electron chi connectivity index (χ4n) is 3.93. The van der Waals surface area contributed by atoms with Gasteiger partial charge in [-0.2, -0.15) is 5.21 Å². The number of aromatic amines is 1. The number of nitrogens with one attached hydrogen (secondary N) is 1. The lowest BCUT2D eigenvalue weighted by molar-refractivity contribution is -0.110. The molecule has 1 saturated carbocycles. The third-order valence-electron chi connectivity index (χ3n) is 5.78. The summed E-state index contributed by atoms with van der Waals surface area (Å²) in [6.07, 6.45) is 6.92. The van der Waals surface area contributed by atoms with Gasteiger partial charge in [-0.05, 0) is 29.7 Å². The lowest BCUT2D eigenvalue weighted by Crippen LogP contribution is -2.25. The van der Waals surface area contributed by atoms with Gasteiger partial charge in [0.15, 0.2) is 5.78 Å². The predicted octanol–water partition coefficient (Wildman–Crippen LogP) is 2.80. The van der Waals surface area contributed by atoms with Crippen molar-refractivity contribution in [1.82, 2.24) is 34.7 Å². The maximum absolute atomic E-state index is 13.0. The quantitative estimate of drug-likeness (QED) is 0.461. The highest BCUT2D eigenvalue weighted by atomic mass is 16.2. The highest BCUT2D eigenvalue weighted by Gasteiger charge is 2.38. The van der Waals surface area contributed by atoms with Crippen LogP contribution in [0.3, 0.4) is 0 Å². The molecular weight excluding hydrogens is 406 g/mol. The molecule has 0 bridgehead atoms. The Morgan fingerprint density at radius 2 is 1.94 bits per heavy atom. The highest BCUT2D eigenvalue weighted by molar-refractivity contribution is 5.97. The van der Waals surface area contributed by atoms with Crippen LogP contribution in [0, 0.1) is 0 Å². The maximum Gasteiger partial charge on any atom is 0.329 e. The molecule has 1 fully saturated rings. The Bertz CT molecular complexity index is 1300. The molecule has 162 valence electrons. The highest BCUT2D eigenvalue weighted by Crippen LogP contribution is 2.30. The second-order valence-electron chi connectivity index (χ2n) is 8.01. The molecular formula is C23H23N7O2. The van der Waals surface area contributed by atoms with Crippen LogP contribution in [0.25, 0.3) is 22.5 Å². The normalized spacial score (nSPS) is 15.3. The SMILES string of the molecule is CCCCc1cn(C2CC2=O)c(=O)n1Cc1ccc(-c2ccccc2-c2nn[nH]n2)cn1. The van der Waals surface area contributed by atoms with Crippen molar-refractivity contribution in [2.75, 3.05) is 0 Å². The summed E-state index contributed by atoms with van der Waals surface area (Å²) in [4.78, 5) is 29.2. The molecule has 0 saturated heterocycles. The minimum Gasteiger partial charge on any atom is -0.297 e. The molecule has 1 aliphatic rings. The number of carbonyl (C=O) groups excluding carboxylic acids is 1. The molecule has 0 amide bonds. The zero-order valence-corrected chi connectivity index (χ0v) is 17.7. The van der Waals surface area contributed by atoms with Gasteiger partial charge in [0, 0.05) is 35.6 Å². The van der Waals surface area contributed by atoms with Crippen molar-refractivity contribution in [3.63, 3.8) is 0 Å². The lowest BCUT2D eigenvalue weighted by atomic mass is 10.0. The van der Waals surface area contributed by atoms with Gasteiger partial charge in [0.2, 0.25) is 5.82 Å². The molecule has 32 heavy (non-hydrogen) atoms. The van der Waals surface area contributed by atoms with E-state index in [0.717, 1.165) is 47.3 Å². The Balaban J connectivity index is 1.43. The summed E-state index contributed by atoms with van der Waals surface area (Å²) >= 11 is 0. The van der Waals surface area contributed by atoms with Crippen LogP contribution < -0.4 is 5.69 Å². The number of rotatable bonds is 8. The van der Waals surface area contributed by atoms with E-state index in [1.807, 2.05) is 42.6 Å². The molecule has 3 heterocycles. The minimum atomic E-state index is -0.291. The van der Waals surface area contributed by atoms with Crippen LogP contribution >= 0.6 is 0 Å². The van der Waals surface area contributed by atoms with Gasteiger partial charge in [0.1, 0.15) is 6.04 Å². The zero-order chi connectivity index (χ0) is 22.1. The number of hydrogen-bond donors (Lipinski definition) is 1. The summed E-state index contributed by atoms with van der Waals surface area (Å²) in [5.41, 5.74) is 4.33. The van der Waals surface area contributed by atoms with Crippen LogP contribution in [0.2, 0.25) is 0 Å².